The topological polar surface area (TPSA) is 47.6 Å². The number of ether oxygens (including phenoxy) is 2. The lowest BCUT2D eigenvalue weighted by molar-refractivity contribution is -0.115. The summed E-state index contributed by atoms with van der Waals surface area (Å²) < 4.78 is 24.9. The summed E-state index contributed by atoms with van der Waals surface area (Å²) in [6.45, 7) is 0. The van der Waals surface area contributed by atoms with Gasteiger partial charge in [0.15, 0.2) is 0 Å². The molecule has 0 aliphatic carbocycles. The first-order valence-electron chi connectivity index (χ1n) is 6.49. The van der Waals surface area contributed by atoms with E-state index in [4.69, 9.17) is 9.47 Å². The fraction of sp³-hybridized carbons (Fsp3) is 0.188. The molecule has 0 saturated heterocycles. The zero-order valence-corrected chi connectivity index (χ0v) is 14.3. The van der Waals surface area contributed by atoms with Crippen LogP contribution in [0.25, 0.3) is 0 Å². The standard InChI is InChI=1S/C16H15FINO3/c1-21-12-5-3-10(15(9-12)22-2)7-16(20)19-14-6-4-11(18)8-13(14)17/h3-6,8-9H,7H2,1-2H3,(H,19,20). The fourth-order valence-electron chi connectivity index (χ4n) is 1.96. The molecule has 22 heavy (non-hydrogen) atoms. The average molecular weight is 415 g/mol. The van der Waals surface area contributed by atoms with Crippen molar-refractivity contribution in [2.75, 3.05) is 19.5 Å². The predicted molar refractivity (Wildman–Crippen MR) is 91.0 cm³/mol. The number of carbonyl (C=O) groups is 1. The number of hydrogen-bond acceptors (Lipinski definition) is 3. The van der Waals surface area contributed by atoms with Crippen molar-refractivity contribution < 1.29 is 18.7 Å². The first-order chi connectivity index (χ1) is 10.5. The minimum Gasteiger partial charge on any atom is -0.497 e. The molecule has 0 aliphatic heterocycles. The lowest BCUT2D eigenvalue weighted by Crippen LogP contribution is -2.16. The third kappa shape index (κ3) is 4.09. The molecule has 0 atom stereocenters. The molecule has 2 aromatic carbocycles. The van der Waals surface area contributed by atoms with Crippen LogP contribution >= 0.6 is 22.6 Å². The first kappa shape index (κ1) is 16.5. The van der Waals surface area contributed by atoms with Gasteiger partial charge in [-0.1, -0.05) is 6.07 Å². The third-order valence-corrected chi connectivity index (χ3v) is 3.72. The van der Waals surface area contributed by atoms with Gasteiger partial charge in [0.25, 0.3) is 0 Å². The number of benzene rings is 2. The highest BCUT2D eigenvalue weighted by atomic mass is 127. The zero-order chi connectivity index (χ0) is 16.1. The lowest BCUT2D eigenvalue weighted by atomic mass is 10.1. The Labute approximate surface area is 141 Å². The number of hydrogen-bond donors (Lipinski definition) is 1. The first-order valence-corrected chi connectivity index (χ1v) is 7.57. The second kappa shape index (κ2) is 7.44. The van der Waals surface area contributed by atoms with Crippen LogP contribution in [0.3, 0.4) is 0 Å². The van der Waals surface area contributed by atoms with E-state index >= 15 is 0 Å². The molecule has 0 fully saturated rings. The number of amides is 1. The molecule has 0 saturated carbocycles. The number of methoxy groups -OCH3 is 2. The highest BCUT2D eigenvalue weighted by Gasteiger charge is 2.12. The maximum Gasteiger partial charge on any atom is 0.229 e. The van der Waals surface area contributed by atoms with Crippen LogP contribution in [0.5, 0.6) is 11.5 Å². The smallest absolute Gasteiger partial charge is 0.229 e. The molecule has 0 heterocycles. The van der Waals surface area contributed by atoms with Crippen LogP contribution in [-0.2, 0) is 11.2 Å². The van der Waals surface area contributed by atoms with Crippen molar-refractivity contribution in [2.24, 2.45) is 0 Å². The van der Waals surface area contributed by atoms with Gasteiger partial charge in [-0.3, -0.25) is 4.79 Å². The van der Waals surface area contributed by atoms with E-state index < -0.39 is 5.82 Å². The van der Waals surface area contributed by atoms with Crippen LogP contribution in [0.1, 0.15) is 5.56 Å². The zero-order valence-electron chi connectivity index (χ0n) is 12.2. The van der Waals surface area contributed by atoms with E-state index in [1.165, 1.54) is 13.2 Å². The SMILES string of the molecule is COc1ccc(CC(=O)Nc2ccc(I)cc2F)c(OC)c1. The molecular weight excluding hydrogens is 400 g/mol. The van der Waals surface area contributed by atoms with Crippen LogP contribution < -0.4 is 14.8 Å². The van der Waals surface area contributed by atoms with Crippen molar-refractivity contribution in [2.45, 2.75) is 6.42 Å². The summed E-state index contributed by atoms with van der Waals surface area (Å²) >= 11 is 2.01. The van der Waals surface area contributed by atoms with Gasteiger partial charge in [-0.05, 0) is 46.9 Å². The van der Waals surface area contributed by atoms with Crippen molar-refractivity contribution in [1.82, 2.24) is 0 Å². The second-order valence-corrected chi connectivity index (χ2v) is 5.77. The highest BCUT2D eigenvalue weighted by Crippen LogP contribution is 2.25. The Morgan fingerprint density at radius 2 is 1.95 bits per heavy atom. The number of nitrogens with one attached hydrogen (secondary N) is 1. The summed E-state index contributed by atoms with van der Waals surface area (Å²) in [6.07, 6.45) is 0.0819. The maximum absolute atomic E-state index is 13.7. The monoisotopic (exact) mass is 415 g/mol. The summed E-state index contributed by atoms with van der Waals surface area (Å²) in [4.78, 5) is 12.1. The van der Waals surface area contributed by atoms with Crippen LogP contribution in [0.15, 0.2) is 36.4 Å². The van der Waals surface area contributed by atoms with Crippen molar-refractivity contribution in [3.8, 4) is 11.5 Å². The molecule has 116 valence electrons. The fourth-order valence-corrected chi connectivity index (χ4v) is 2.41. The highest BCUT2D eigenvalue weighted by molar-refractivity contribution is 14.1. The predicted octanol–water partition coefficient (Wildman–Crippen LogP) is 3.63. The van der Waals surface area contributed by atoms with Crippen LogP contribution in [-0.4, -0.2) is 20.1 Å². The van der Waals surface area contributed by atoms with Gasteiger partial charge < -0.3 is 14.8 Å². The van der Waals surface area contributed by atoms with E-state index in [1.807, 2.05) is 22.6 Å². The molecular formula is C16H15FINO3. The van der Waals surface area contributed by atoms with Gasteiger partial charge in [0.1, 0.15) is 17.3 Å². The van der Waals surface area contributed by atoms with Gasteiger partial charge in [-0.25, -0.2) is 4.39 Å². The van der Waals surface area contributed by atoms with Crippen LogP contribution in [0.2, 0.25) is 0 Å². The molecule has 1 N–H and O–H groups in total. The quantitative estimate of drug-likeness (QED) is 0.759. The molecule has 0 aliphatic rings. The van der Waals surface area contributed by atoms with Gasteiger partial charge in [-0.2, -0.15) is 0 Å². The second-order valence-electron chi connectivity index (χ2n) is 4.53. The molecule has 0 radical (unpaired) electrons. The molecule has 2 rings (SSSR count). The minimum absolute atomic E-state index is 0.0819. The van der Waals surface area contributed by atoms with E-state index in [0.29, 0.717) is 17.1 Å². The van der Waals surface area contributed by atoms with Gasteiger partial charge in [0.05, 0.1) is 26.3 Å². The molecule has 1 amide bonds. The van der Waals surface area contributed by atoms with E-state index in [9.17, 15) is 9.18 Å². The van der Waals surface area contributed by atoms with E-state index in [-0.39, 0.29) is 18.0 Å². The maximum atomic E-state index is 13.7. The van der Waals surface area contributed by atoms with E-state index in [2.05, 4.69) is 5.32 Å². The Morgan fingerprint density at radius 3 is 2.59 bits per heavy atom. The van der Waals surface area contributed by atoms with Crippen LogP contribution in [0.4, 0.5) is 10.1 Å². The summed E-state index contributed by atoms with van der Waals surface area (Å²) in [7, 11) is 3.08. The summed E-state index contributed by atoms with van der Waals surface area (Å²) in [5, 5.41) is 2.56. The van der Waals surface area contributed by atoms with Gasteiger partial charge >= 0.3 is 0 Å². The van der Waals surface area contributed by atoms with Crippen molar-refractivity contribution in [1.29, 1.82) is 0 Å². The van der Waals surface area contributed by atoms with Crippen molar-refractivity contribution >= 4 is 34.2 Å². The Balaban J connectivity index is 2.12. The number of anilines is 1. The molecule has 6 heteroatoms. The van der Waals surface area contributed by atoms with E-state index in [1.54, 1.807) is 37.4 Å². The molecule has 0 aromatic heterocycles. The summed E-state index contributed by atoms with van der Waals surface area (Å²) in [5.41, 5.74) is 0.865. The van der Waals surface area contributed by atoms with Gasteiger partial charge in [0.2, 0.25) is 5.91 Å². The number of rotatable bonds is 5. The normalized spacial score (nSPS) is 10.2. The molecule has 0 unspecified atom stereocenters. The minimum atomic E-state index is -0.457. The van der Waals surface area contributed by atoms with Crippen molar-refractivity contribution in [3.63, 3.8) is 0 Å². The number of carbonyl (C=O) groups excluding carboxylic acids is 1. The van der Waals surface area contributed by atoms with Crippen LogP contribution in [0, 0.1) is 9.39 Å². The number of halogens is 2. The Morgan fingerprint density at radius 1 is 1.18 bits per heavy atom. The molecule has 0 bridgehead atoms. The Bertz CT molecular complexity index is 691. The Kier molecular flexibility index (Phi) is 5.59. The third-order valence-electron chi connectivity index (χ3n) is 3.05. The van der Waals surface area contributed by atoms with Crippen molar-refractivity contribution in [3.05, 3.63) is 51.3 Å². The molecule has 2 aromatic rings. The summed E-state index contributed by atoms with van der Waals surface area (Å²) in [6, 6.07) is 9.84. The largest absolute Gasteiger partial charge is 0.497 e. The Hall–Kier alpha value is -1.83. The van der Waals surface area contributed by atoms with Gasteiger partial charge in [0, 0.05) is 15.2 Å². The van der Waals surface area contributed by atoms with E-state index in [0.717, 1.165) is 3.57 Å². The lowest BCUT2D eigenvalue weighted by Gasteiger charge is -2.11. The molecule has 0 spiro atoms. The summed E-state index contributed by atoms with van der Waals surface area (Å²) in [5.74, 6) is 0.424. The van der Waals surface area contributed by atoms with Gasteiger partial charge in [-0.15, -0.1) is 0 Å². The molecule has 4 nitrogen and oxygen atoms in total. The average Bonchev–Trinajstić information content (AvgIpc) is 2.50.